The molecule has 0 spiro atoms. The molecule has 5 fully saturated rings. The fraction of sp³-hybridized carbons (Fsp3) is 1.00. The zero-order chi connectivity index (χ0) is 10.2. The summed E-state index contributed by atoms with van der Waals surface area (Å²) in [6, 6.07) is 0. The Hall–Kier alpha value is 0. The molecule has 5 rings (SSSR count). The van der Waals surface area contributed by atoms with Gasteiger partial charge in [-0.1, -0.05) is 13.8 Å². The van der Waals surface area contributed by atoms with E-state index in [0.717, 1.165) is 40.9 Å². The first-order valence-corrected chi connectivity index (χ1v) is 7.17. The van der Waals surface area contributed by atoms with E-state index in [1.807, 2.05) is 0 Å². The largest absolute Gasteiger partial charge is 0.0620 e. The predicted molar refractivity (Wildman–Crippen MR) is 62.4 cm³/mol. The van der Waals surface area contributed by atoms with E-state index < -0.39 is 0 Å². The minimum absolute atomic E-state index is 0.775. The Morgan fingerprint density at radius 2 is 1.53 bits per heavy atom. The average molecular weight is 204 g/mol. The van der Waals surface area contributed by atoms with Crippen LogP contribution in [0.5, 0.6) is 0 Å². The van der Waals surface area contributed by atoms with Crippen molar-refractivity contribution in [2.45, 2.75) is 52.4 Å². The van der Waals surface area contributed by atoms with Gasteiger partial charge in [0.1, 0.15) is 0 Å². The summed E-state index contributed by atoms with van der Waals surface area (Å²) >= 11 is 0. The van der Waals surface area contributed by atoms with Gasteiger partial charge in [0.25, 0.3) is 0 Å². The maximum Gasteiger partial charge on any atom is -0.0266 e. The molecule has 5 saturated carbocycles. The van der Waals surface area contributed by atoms with Crippen molar-refractivity contribution in [2.75, 3.05) is 0 Å². The monoisotopic (exact) mass is 204 g/mol. The molecule has 0 N–H and O–H groups in total. The number of fused-ring (bicyclic) bond motifs is 1. The van der Waals surface area contributed by atoms with Gasteiger partial charge in [-0.2, -0.15) is 0 Å². The van der Waals surface area contributed by atoms with Crippen molar-refractivity contribution in [1.82, 2.24) is 0 Å². The Bertz CT molecular complexity index is 280. The fourth-order valence-electron chi connectivity index (χ4n) is 5.77. The van der Waals surface area contributed by atoms with Crippen LogP contribution < -0.4 is 0 Å². The highest BCUT2D eigenvalue weighted by atomic mass is 14.7. The second kappa shape index (κ2) is 2.63. The molecule has 0 aliphatic heterocycles. The van der Waals surface area contributed by atoms with Gasteiger partial charge in [-0.05, 0) is 79.4 Å². The maximum absolute atomic E-state index is 2.60. The Kier molecular flexibility index (Phi) is 1.59. The molecular formula is C15H24. The third kappa shape index (κ3) is 1.09. The Labute approximate surface area is 93.8 Å². The van der Waals surface area contributed by atoms with Crippen LogP contribution in [0.2, 0.25) is 0 Å². The van der Waals surface area contributed by atoms with Crippen LogP contribution in [0, 0.1) is 40.9 Å². The molecule has 0 saturated heterocycles. The summed E-state index contributed by atoms with van der Waals surface area (Å²) in [5.74, 6) is 6.74. The molecule has 15 heavy (non-hydrogen) atoms. The van der Waals surface area contributed by atoms with Gasteiger partial charge in [0.15, 0.2) is 0 Å². The van der Waals surface area contributed by atoms with E-state index in [9.17, 15) is 0 Å². The SMILES string of the molecule is CC1CC2CC3CC(CC3C2)C2CC12C. The van der Waals surface area contributed by atoms with E-state index in [2.05, 4.69) is 13.8 Å². The molecule has 5 aliphatic rings. The molecule has 0 radical (unpaired) electrons. The van der Waals surface area contributed by atoms with Crippen molar-refractivity contribution in [1.29, 1.82) is 0 Å². The molecule has 0 heterocycles. The third-order valence-electron chi connectivity index (χ3n) is 6.88. The third-order valence-corrected chi connectivity index (χ3v) is 6.88. The topological polar surface area (TPSA) is 0 Å². The van der Waals surface area contributed by atoms with Crippen LogP contribution >= 0.6 is 0 Å². The zero-order valence-electron chi connectivity index (χ0n) is 10.2. The lowest BCUT2D eigenvalue weighted by molar-refractivity contribution is 0.261. The Morgan fingerprint density at radius 3 is 2.20 bits per heavy atom. The molecule has 84 valence electrons. The number of hydrogen-bond acceptors (Lipinski definition) is 0. The molecule has 0 heteroatoms. The smallest absolute Gasteiger partial charge is 0.0266 e. The van der Waals surface area contributed by atoms with E-state index in [1.54, 1.807) is 38.5 Å². The molecule has 4 bridgehead atoms. The molecule has 0 nitrogen and oxygen atoms in total. The molecule has 0 amide bonds. The van der Waals surface area contributed by atoms with Gasteiger partial charge in [0.2, 0.25) is 0 Å². The normalized spacial score (nSPS) is 66.0. The van der Waals surface area contributed by atoms with Crippen LogP contribution in [0.1, 0.15) is 52.4 Å². The molecule has 5 unspecified atom stereocenters. The van der Waals surface area contributed by atoms with E-state index in [4.69, 9.17) is 0 Å². The molecular weight excluding hydrogens is 180 g/mol. The average Bonchev–Trinajstić information content (AvgIpc) is 2.51. The summed E-state index contributed by atoms with van der Waals surface area (Å²) in [6.07, 6.45) is 9.59. The Balaban J connectivity index is 1.70. The van der Waals surface area contributed by atoms with Crippen LogP contribution in [-0.4, -0.2) is 0 Å². The van der Waals surface area contributed by atoms with Gasteiger partial charge in [-0.3, -0.25) is 0 Å². The summed E-state index contributed by atoms with van der Waals surface area (Å²) in [7, 11) is 0. The second-order valence-electron chi connectivity index (χ2n) is 7.54. The van der Waals surface area contributed by atoms with E-state index in [-0.39, 0.29) is 0 Å². The van der Waals surface area contributed by atoms with Gasteiger partial charge >= 0.3 is 0 Å². The lowest BCUT2D eigenvalue weighted by Gasteiger charge is -2.23. The highest BCUT2D eigenvalue weighted by Crippen LogP contribution is 2.69. The van der Waals surface area contributed by atoms with Gasteiger partial charge < -0.3 is 0 Å². The molecule has 5 atom stereocenters. The second-order valence-corrected chi connectivity index (χ2v) is 7.54. The van der Waals surface area contributed by atoms with Crippen LogP contribution in [0.3, 0.4) is 0 Å². The lowest BCUT2D eigenvalue weighted by Crippen LogP contribution is -2.15. The highest BCUT2D eigenvalue weighted by molar-refractivity contribution is 5.10. The van der Waals surface area contributed by atoms with Crippen molar-refractivity contribution in [3.63, 3.8) is 0 Å². The van der Waals surface area contributed by atoms with Crippen LogP contribution in [-0.2, 0) is 0 Å². The fourth-order valence-corrected chi connectivity index (χ4v) is 5.77. The van der Waals surface area contributed by atoms with E-state index in [0.29, 0.717) is 0 Å². The van der Waals surface area contributed by atoms with E-state index in [1.165, 1.54) is 0 Å². The quantitative estimate of drug-likeness (QED) is 0.557. The summed E-state index contributed by atoms with van der Waals surface area (Å²) in [5.41, 5.74) is 0.775. The number of hydrogen-bond donors (Lipinski definition) is 0. The number of rotatable bonds is 0. The summed E-state index contributed by atoms with van der Waals surface area (Å²) in [5, 5.41) is 0. The lowest BCUT2D eigenvalue weighted by atomic mass is 9.82. The molecule has 0 aromatic carbocycles. The highest BCUT2D eigenvalue weighted by Gasteiger charge is 2.60. The van der Waals surface area contributed by atoms with Gasteiger partial charge in [0, 0.05) is 0 Å². The first-order chi connectivity index (χ1) is 7.17. The van der Waals surface area contributed by atoms with Crippen molar-refractivity contribution in [2.24, 2.45) is 40.9 Å². The minimum Gasteiger partial charge on any atom is -0.0620 e. The summed E-state index contributed by atoms with van der Waals surface area (Å²) < 4.78 is 0. The van der Waals surface area contributed by atoms with Crippen molar-refractivity contribution in [3.8, 4) is 0 Å². The molecule has 0 aromatic rings. The first kappa shape index (κ1) is 9.07. The van der Waals surface area contributed by atoms with Crippen molar-refractivity contribution < 1.29 is 0 Å². The predicted octanol–water partition coefficient (Wildman–Crippen LogP) is 4.10. The van der Waals surface area contributed by atoms with Crippen LogP contribution in [0.15, 0.2) is 0 Å². The standard InChI is InChI=1S/C15H24/c1-9-3-10-4-11-6-13(7-12(11)5-10)14-8-15(9,14)2/h9-14H,3-8H2,1-2H3. The maximum atomic E-state index is 2.60. The van der Waals surface area contributed by atoms with Gasteiger partial charge in [-0.25, -0.2) is 0 Å². The first-order valence-electron chi connectivity index (χ1n) is 7.17. The van der Waals surface area contributed by atoms with Crippen molar-refractivity contribution >= 4 is 0 Å². The van der Waals surface area contributed by atoms with Gasteiger partial charge in [-0.15, -0.1) is 0 Å². The van der Waals surface area contributed by atoms with Crippen LogP contribution in [0.4, 0.5) is 0 Å². The minimum atomic E-state index is 0.775. The van der Waals surface area contributed by atoms with Gasteiger partial charge in [0.05, 0.1) is 0 Å². The van der Waals surface area contributed by atoms with E-state index >= 15 is 0 Å². The Morgan fingerprint density at radius 1 is 0.867 bits per heavy atom. The zero-order valence-corrected chi connectivity index (χ0v) is 10.2. The molecule has 5 aliphatic carbocycles. The van der Waals surface area contributed by atoms with Crippen molar-refractivity contribution in [3.05, 3.63) is 0 Å². The molecule has 0 aromatic heterocycles. The summed E-state index contributed by atoms with van der Waals surface area (Å²) in [6.45, 7) is 5.15. The van der Waals surface area contributed by atoms with Crippen LogP contribution in [0.25, 0.3) is 0 Å². The summed E-state index contributed by atoms with van der Waals surface area (Å²) in [4.78, 5) is 0.